The average Bonchev–Trinajstić information content (AvgIpc) is 3.09. The Bertz CT molecular complexity index is 741. The fraction of sp³-hybridized carbons (Fsp3) is 0.462. The van der Waals surface area contributed by atoms with E-state index in [1.54, 1.807) is 37.1 Å². The highest BCUT2D eigenvalue weighted by Gasteiger charge is 2.39. The molecule has 3 heterocycles. The molecule has 1 aliphatic heterocycles. The Kier molecular flexibility index (Phi) is 3.50. The highest BCUT2D eigenvalue weighted by atomic mass is 32.2. The van der Waals surface area contributed by atoms with Crippen molar-refractivity contribution in [3.63, 3.8) is 0 Å². The summed E-state index contributed by atoms with van der Waals surface area (Å²) in [5.74, 6) is 0.556. The van der Waals surface area contributed by atoms with Crippen molar-refractivity contribution >= 4 is 10.0 Å². The summed E-state index contributed by atoms with van der Waals surface area (Å²) in [7, 11) is -1.84. The van der Waals surface area contributed by atoms with E-state index in [1.165, 1.54) is 10.5 Å². The van der Waals surface area contributed by atoms with Crippen LogP contribution in [0.3, 0.4) is 0 Å². The zero-order chi connectivity index (χ0) is 15.0. The molecule has 1 unspecified atom stereocenters. The molecule has 21 heavy (non-hydrogen) atoms. The van der Waals surface area contributed by atoms with Crippen LogP contribution in [0.4, 0.5) is 0 Å². The molecule has 112 valence electrons. The Hall–Kier alpha value is -1.80. The van der Waals surface area contributed by atoms with Crippen molar-refractivity contribution in [1.82, 2.24) is 24.1 Å². The number of hydrogen-bond acceptors (Lipinski definition) is 5. The zero-order valence-electron chi connectivity index (χ0n) is 12.0. The maximum atomic E-state index is 12.9. The first kappa shape index (κ1) is 14.2. The molecule has 1 aliphatic rings. The Morgan fingerprint density at radius 3 is 2.62 bits per heavy atom. The summed E-state index contributed by atoms with van der Waals surface area (Å²) in [5, 5.41) is 4.03. The van der Waals surface area contributed by atoms with Gasteiger partial charge in [0.15, 0.2) is 0 Å². The molecule has 0 bridgehead atoms. The largest absolute Gasteiger partial charge is 0.272 e. The van der Waals surface area contributed by atoms with Crippen LogP contribution in [0.1, 0.15) is 30.4 Å². The van der Waals surface area contributed by atoms with Crippen LogP contribution in [0.5, 0.6) is 0 Å². The number of nitrogens with zero attached hydrogens (tertiary/aromatic N) is 5. The molecule has 0 spiro atoms. The van der Waals surface area contributed by atoms with E-state index in [4.69, 9.17) is 0 Å². The van der Waals surface area contributed by atoms with E-state index < -0.39 is 10.0 Å². The van der Waals surface area contributed by atoms with Gasteiger partial charge in [-0.3, -0.25) is 4.68 Å². The lowest BCUT2D eigenvalue weighted by Gasteiger charge is -2.22. The molecule has 3 rings (SSSR count). The Balaban J connectivity index is 2.00. The molecule has 1 fully saturated rings. The van der Waals surface area contributed by atoms with Gasteiger partial charge in [0.2, 0.25) is 10.0 Å². The molecule has 1 atom stereocenters. The van der Waals surface area contributed by atoms with E-state index in [0.717, 1.165) is 12.8 Å². The van der Waals surface area contributed by atoms with E-state index in [1.807, 2.05) is 0 Å². The van der Waals surface area contributed by atoms with Gasteiger partial charge in [-0.15, -0.1) is 0 Å². The standard InChI is InChI=1S/C13H17N5O2S/c1-10-12(9-16-17(10)2)21(19,20)18-8-3-5-11(18)13-14-6-4-7-15-13/h4,6-7,9,11H,3,5,8H2,1-2H3. The third kappa shape index (κ3) is 2.34. The van der Waals surface area contributed by atoms with Crippen LogP contribution in [0.2, 0.25) is 0 Å². The molecule has 0 N–H and O–H groups in total. The first-order valence-corrected chi connectivity index (χ1v) is 8.23. The summed E-state index contributed by atoms with van der Waals surface area (Å²) in [6.07, 6.45) is 6.23. The van der Waals surface area contributed by atoms with Crippen LogP contribution in [-0.2, 0) is 17.1 Å². The fourth-order valence-corrected chi connectivity index (χ4v) is 4.47. The number of aromatic nitrogens is 4. The lowest BCUT2D eigenvalue weighted by Crippen LogP contribution is -2.31. The summed E-state index contributed by atoms with van der Waals surface area (Å²) in [6.45, 7) is 2.24. The van der Waals surface area contributed by atoms with Crippen molar-refractivity contribution in [3.8, 4) is 0 Å². The van der Waals surface area contributed by atoms with Gasteiger partial charge < -0.3 is 0 Å². The predicted octanol–water partition coefficient (Wildman–Crippen LogP) is 1.04. The van der Waals surface area contributed by atoms with Crippen LogP contribution in [0.25, 0.3) is 0 Å². The second kappa shape index (κ2) is 5.19. The summed E-state index contributed by atoms with van der Waals surface area (Å²) >= 11 is 0. The van der Waals surface area contributed by atoms with Gasteiger partial charge in [0, 0.05) is 26.0 Å². The molecule has 0 amide bonds. The molecule has 0 saturated carbocycles. The van der Waals surface area contributed by atoms with E-state index in [2.05, 4.69) is 15.1 Å². The van der Waals surface area contributed by atoms with Crippen molar-refractivity contribution in [3.05, 3.63) is 36.2 Å². The van der Waals surface area contributed by atoms with Crippen molar-refractivity contribution in [2.45, 2.75) is 30.7 Å². The second-order valence-corrected chi connectivity index (χ2v) is 6.96. The van der Waals surface area contributed by atoms with Gasteiger partial charge in [-0.05, 0) is 25.8 Å². The maximum Gasteiger partial charge on any atom is 0.247 e. The third-order valence-electron chi connectivity index (χ3n) is 3.86. The van der Waals surface area contributed by atoms with Crippen LogP contribution < -0.4 is 0 Å². The van der Waals surface area contributed by atoms with Gasteiger partial charge in [0.05, 0.1) is 17.9 Å². The lowest BCUT2D eigenvalue weighted by molar-refractivity contribution is 0.383. The van der Waals surface area contributed by atoms with Gasteiger partial charge in [-0.25, -0.2) is 18.4 Å². The first-order valence-electron chi connectivity index (χ1n) is 6.79. The number of aryl methyl sites for hydroxylation is 1. The minimum absolute atomic E-state index is 0.257. The summed E-state index contributed by atoms with van der Waals surface area (Å²) < 4.78 is 28.8. The molecule has 2 aromatic heterocycles. The normalized spacial score (nSPS) is 20.0. The van der Waals surface area contributed by atoms with Crippen molar-refractivity contribution in [1.29, 1.82) is 0 Å². The Labute approximate surface area is 123 Å². The molecule has 8 heteroatoms. The Morgan fingerprint density at radius 2 is 2.00 bits per heavy atom. The monoisotopic (exact) mass is 307 g/mol. The molecule has 1 saturated heterocycles. The Morgan fingerprint density at radius 1 is 1.29 bits per heavy atom. The molecule has 7 nitrogen and oxygen atoms in total. The minimum atomic E-state index is -3.58. The van der Waals surface area contributed by atoms with Crippen LogP contribution >= 0.6 is 0 Å². The SMILES string of the molecule is Cc1c(S(=O)(=O)N2CCCC2c2ncccn2)cnn1C. The van der Waals surface area contributed by atoms with Crippen molar-refractivity contribution in [2.24, 2.45) is 7.05 Å². The van der Waals surface area contributed by atoms with Gasteiger partial charge in [0.1, 0.15) is 10.7 Å². The van der Waals surface area contributed by atoms with Crippen LogP contribution in [-0.4, -0.2) is 39.0 Å². The molecule has 2 aromatic rings. The van der Waals surface area contributed by atoms with Crippen molar-refractivity contribution in [2.75, 3.05) is 6.54 Å². The molecule has 0 radical (unpaired) electrons. The maximum absolute atomic E-state index is 12.9. The minimum Gasteiger partial charge on any atom is -0.272 e. The highest BCUT2D eigenvalue weighted by molar-refractivity contribution is 7.89. The van der Waals surface area contributed by atoms with Crippen LogP contribution in [0, 0.1) is 6.92 Å². The van der Waals surface area contributed by atoms with Gasteiger partial charge in [0.25, 0.3) is 0 Å². The first-order chi connectivity index (χ1) is 10.0. The van der Waals surface area contributed by atoms with E-state index in [-0.39, 0.29) is 10.9 Å². The van der Waals surface area contributed by atoms with E-state index in [0.29, 0.717) is 18.1 Å². The summed E-state index contributed by atoms with van der Waals surface area (Å²) in [4.78, 5) is 8.67. The summed E-state index contributed by atoms with van der Waals surface area (Å²) in [5.41, 5.74) is 0.634. The van der Waals surface area contributed by atoms with E-state index in [9.17, 15) is 8.42 Å². The zero-order valence-corrected chi connectivity index (χ0v) is 12.8. The van der Waals surface area contributed by atoms with Gasteiger partial charge >= 0.3 is 0 Å². The number of sulfonamides is 1. The second-order valence-electron chi connectivity index (χ2n) is 5.10. The highest BCUT2D eigenvalue weighted by Crippen LogP contribution is 2.35. The van der Waals surface area contributed by atoms with Gasteiger partial charge in [-0.1, -0.05) is 0 Å². The average molecular weight is 307 g/mol. The molecular formula is C13H17N5O2S. The topological polar surface area (TPSA) is 81.0 Å². The number of rotatable bonds is 3. The quantitative estimate of drug-likeness (QED) is 0.846. The molecular weight excluding hydrogens is 290 g/mol. The fourth-order valence-electron chi connectivity index (χ4n) is 2.63. The predicted molar refractivity (Wildman–Crippen MR) is 75.8 cm³/mol. The molecule has 0 aromatic carbocycles. The van der Waals surface area contributed by atoms with Gasteiger partial charge in [-0.2, -0.15) is 9.40 Å². The van der Waals surface area contributed by atoms with E-state index >= 15 is 0 Å². The van der Waals surface area contributed by atoms with Crippen LogP contribution in [0.15, 0.2) is 29.6 Å². The van der Waals surface area contributed by atoms with Crippen molar-refractivity contribution < 1.29 is 8.42 Å². The number of hydrogen-bond donors (Lipinski definition) is 0. The third-order valence-corrected chi connectivity index (χ3v) is 5.88. The smallest absolute Gasteiger partial charge is 0.247 e. The lowest BCUT2D eigenvalue weighted by atomic mass is 10.2. The summed E-state index contributed by atoms with van der Waals surface area (Å²) in [6, 6.07) is 1.43. The molecule has 0 aliphatic carbocycles.